The van der Waals surface area contributed by atoms with E-state index in [2.05, 4.69) is 179 Å². The molecule has 0 aliphatic carbocycles. The molecule has 574 valence electrons. The Balaban J connectivity index is 0.688. The fraction of sp³-hybridized carbons (Fsp3) is 0.565. The zero-order valence-electron chi connectivity index (χ0n) is 60.4. The van der Waals surface area contributed by atoms with E-state index in [9.17, 15) is 42.7 Å². The number of hydrogen-bond donors (Lipinski definition) is 8. The lowest BCUT2D eigenvalue weighted by molar-refractivity contribution is -0.438. The highest BCUT2D eigenvalue weighted by Crippen LogP contribution is 2.66. The summed E-state index contributed by atoms with van der Waals surface area (Å²) in [6, 6.07) is 15.4. The van der Waals surface area contributed by atoms with Crippen molar-refractivity contribution in [3.8, 4) is 11.8 Å². The summed E-state index contributed by atoms with van der Waals surface area (Å²) in [5.74, 6) is 6.15. The van der Waals surface area contributed by atoms with Gasteiger partial charge in [-0.05, 0) is 115 Å². The second kappa shape index (κ2) is 40.3. The number of aromatic amines is 1. The van der Waals surface area contributed by atoms with E-state index in [-0.39, 0.29) is 94.8 Å². The standard InChI is InChI=1S/C69H99N8O20P3S4/c1-10-75-54-27-19-18-26-52(54)68(5,6)58(75)28-13-11-14-29-59-69(7,8)53-43-49(2)31-32-55(53)76(59)36-21-12-15-30-60(79)71-34-39-89-41-42-90-40-35-72-66(81)92-38-33-67(3,4)103-102-47-91-37-22-20-25-51(78)24-17-16-23-50-45-77(63-62(50)64(80)74-65(70)73-63)61-44-56(93-48-104(9)101)57(95-61)46-94-99(85,86)97-100(87,88)96-98(82,83)84/h11,13-14,18-19,26-29,31-32,43,45,56-57,61H,10,12,15,17,20-22,24-25,30,33-42,44,46-48H2,1-9H3,(H8-,70,71,72,73,74,79,80,81,82,83,84,85,86,87,88)/p+1/t56-,57+,61+,104?/m0/s1. The van der Waals surface area contributed by atoms with Crippen molar-refractivity contribution in [1.29, 1.82) is 0 Å². The lowest BCUT2D eigenvalue weighted by Gasteiger charge is -2.25. The minimum Gasteiger partial charge on any atom is -0.450 e. The number of nitrogen functional groups attached to an aromatic ring is 1. The molecule has 0 radical (unpaired) electrons. The van der Waals surface area contributed by atoms with Gasteiger partial charge in [0.2, 0.25) is 17.5 Å². The van der Waals surface area contributed by atoms with Crippen molar-refractivity contribution in [1.82, 2.24) is 25.2 Å². The molecule has 104 heavy (non-hydrogen) atoms. The monoisotopic (exact) mass is 1580 g/mol. The van der Waals surface area contributed by atoms with E-state index >= 15 is 0 Å². The first kappa shape index (κ1) is 86.0. The van der Waals surface area contributed by atoms with Gasteiger partial charge in [0.1, 0.15) is 30.6 Å². The van der Waals surface area contributed by atoms with E-state index in [1.807, 2.05) is 0 Å². The summed E-state index contributed by atoms with van der Waals surface area (Å²) in [5.41, 5.74) is 14.4. The third-order valence-electron chi connectivity index (χ3n) is 17.2. The number of H-pyrrole nitrogens is 1. The van der Waals surface area contributed by atoms with Crippen LogP contribution in [0.3, 0.4) is 0 Å². The number of anilines is 2. The van der Waals surface area contributed by atoms with Crippen molar-refractivity contribution in [2.45, 2.75) is 160 Å². The number of fused-ring (bicyclic) bond motifs is 3. The quantitative estimate of drug-likeness (QED) is 0.00388. The van der Waals surface area contributed by atoms with Crippen LogP contribution in [0.4, 0.5) is 22.1 Å². The van der Waals surface area contributed by atoms with Gasteiger partial charge in [-0.1, -0.05) is 105 Å². The molecule has 2 aromatic carbocycles. The average Bonchev–Trinajstić information content (AvgIpc) is 1.59. The van der Waals surface area contributed by atoms with Crippen LogP contribution in [0.5, 0.6) is 0 Å². The van der Waals surface area contributed by atoms with E-state index in [0.717, 1.165) is 32.4 Å². The molecule has 7 rings (SSSR count). The van der Waals surface area contributed by atoms with Crippen LogP contribution in [0.2, 0.25) is 0 Å². The molecule has 2 amide bonds. The van der Waals surface area contributed by atoms with Gasteiger partial charge in [0.15, 0.2) is 11.4 Å². The molecule has 3 aliphatic rings. The maximum atomic E-state index is 13.2. The van der Waals surface area contributed by atoms with Gasteiger partial charge in [-0.2, -0.15) is 18.2 Å². The summed E-state index contributed by atoms with van der Waals surface area (Å²) < 4.78 is 86.1. The van der Waals surface area contributed by atoms with Gasteiger partial charge in [-0.15, -0.1) is 0 Å². The number of phosphoric acid groups is 3. The maximum absolute atomic E-state index is 13.2. The first-order chi connectivity index (χ1) is 49.2. The number of para-hydroxylation sites is 1. The molecule has 0 spiro atoms. The number of alkyl carbamates (subject to hydrolysis) is 1. The number of ether oxygens (including phenoxy) is 6. The third-order valence-corrected chi connectivity index (χ3v) is 24.8. The molecule has 0 saturated carbocycles. The Labute approximate surface area is 623 Å². The number of aryl methyl sites for hydroxylation is 1. The summed E-state index contributed by atoms with van der Waals surface area (Å²) in [4.78, 5) is 97.5. The zero-order chi connectivity index (χ0) is 75.9. The number of benzene rings is 2. The fourth-order valence-electron chi connectivity index (χ4n) is 12.1. The lowest BCUT2D eigenvalue weighted by atomic mass is 9.81. The zero-order valence-corrected chi connectivity index (χ0v) is 66.3. The number of unbranched alkanes of at least 4 members (excludes halogenated alkanes) is 3. The summed E-state index contributed by atoms with van der Waals surface area (Å²) in [7, 11) is -14.4. The van der Waals surface area contributed by atoms with E-state index < -0.39 is 69.6 Å². The molecule has 0 bridgehead atoms. The number of likely N-dealkylation sites (N-methyl/N-ethyl adjacent to an activating group) is 1. The molecule has 35 heteroatoms. The molecular weight excluding hydrogens is 1480 g/mol. The predicted octanol–water partition coefficient (Wildman–Crippen LogP) is 11.0. The second-order valence-corrected chi connectivity index (χ2v) is 37.1. The van der Waals surface area contributed by atoms with Gasteiger partial charge in [0.25, 0.3) is 5.56 Å². The predicted molar refractivity (Wildman–Crippen MR) is 408 cm³/mol. The number of nitrogens with zero attached hydrogens (tertiary/aromatic N) is 4. The highest BCUT2D eigenvalue weighted by Gasteiger charge is 2.46. The smallest absolute Gasteiger partial charge is 0.450 e. The van der Waals surface area contributed by atoms with Crippen LogP contribution >= 0.6 is 45.1 Å². The first-order valence-corrected chi connectivity index (χ1v) is 43.9. The molecule has 1 fully saturated rings. The normalized spacial score (nSPS) is 19.0. The van der Waals surface area contributed by atoms with Gasteiger partial charge in [0, 0.05) is 110 Å². The molecule has 4 aromatic rings. The number of amides is 2. The number of ketones is 1. The van der Waals surface area contributed by atoms with Crippen LogP contribution in [0.15, 0.2) is 89.5 Å². The van der Waals surface area contributed by atoms with Gasteiger partial charge in [-0.25, -0.2) is 18.5 Å². The number of Topliss-reactive ketones (excluding diaryl/α,β-unsaturated/α-hetero) is 1. The Bertz CT molecular complexity index is 4050. The van der Waals surface area contributed by atoms with Crippen molar-refractivity contribution in [2.24, 2.45) is 0 Å². The number of nitrogens with one attached hydrogen (secondary N) is 3. The van der Waals surface area contributed by atoms with Gasteiger partial charge in [-0.3, -0.25) is 23.9 Å². The molecule has 5 heterocycles. The Kier molecular flexibility index (Phi) is 33.3. The summed E-state index contributed by atoms with van der Waals surface area (Å²) in [6.45, 7) is 21.3. The molecule has 3 unspecified atom stereocenters. The van der Waals surface area contributed by atoms with Gasteiger partial charge >= 0.3 is 29.6 Å². The molecular formula is C69H100N8O20P3S4+. The number of carbonyl (C=O) groups is 3. The minimum atomic E-state index is -5.79. The molecule has 3 aliphatic heterocycles. The number of carbonyl (C=O) groups excluding carboxylic acids is 3. The fourth-order valence-corrected chi connectivity index (χ4v) is 17.9. The minimum absolute atomic E-state index is 0.00321. The van der Waals surface area contributed by atoms with Crippen LogP contribution in [-0.2, 0) is 96.3 Å². The van der Waals surface area contributed by atoms with Crippen LogP contribution < -0.4 is 26.8 Å². The van der Waals surface area contributed by atoms with Crippen LogP contribution in [0, 0.1) is 18.8 Å². The van der Waals surface area contributed by atoms with Crippen LogP contribution in [0.1, 0.15) is 148 Å². The lowest BCUT2D eigenvalue weighted by Crippen LogP contribution is -2.30. The van der Waals surface area contributed by atoms with E-state index in [4.69, 9.17) is 59.7 Å². The Morgan fingerprint density at radius 1 is 0.894 bits per heavy atom. The van der Waals surface area contributed by atoms with Crippen molar-refractivity contribution in [2.75, 3.05) is 101 Å². The maximum Gasteiger partial charge on any atom is 0.490 e. The molecule has 28 nitrogen and oxygen atoms in total. The Morgan fingerprint density at radius 2 is 1.62 bits per heavy atom. The summed E-state index contributed by atoms with van der Waals surface area (Å²) in [6.07, 6.45) is 16.3. The number of nitrogens with two attached hydrogens (primary N) is 1. The summed E-state index contributed by atoms with van der Waals surface area (Å²) in [5, 5.41) is 5.72. The highest BCUT2D eigenvalue weighted by molar-refractivity contribution is 8.77. The number of allylic oxidation sites excluding steroid dienone is 6. The van der Waals surface area contributed by atoms with Gasteiger partial charge < -0.3 is 73.8 Å². The van der Waals surface area contributed by atoms with E-state index in [1.54, 1.807) is 27.8 Å². The van der Waals surface area contributed by atoms with Gasteiger partial charge in [0.05, 0.1) is 68.0 Å². The first-order valence-electron chi connectivity index (χ1n) is 34.4. The molecule has 1 saturated heterocycles. The molecule has 2 aromatic heterocycles. The van der Waals surface area contributed by atoms with Crippen molar-refractivity contribution in [3.05, 3.63) is 117 Å². The third kappa shape index (κ3) is 26.6. The number of aromatic nitrogens is 3. The summed E-state index contributed by atoms with van der Waals surface area (Å²) >= 11 is 5.24. The van der Waals surface area contributed by atoms with Crippen molar-refractivity contribution >= 4 is 118 Å². The SMILES string of the molecule is CCN1\C(=C/C=C/C=C/C2=[N+](CCCCCC(=O)NCCOCCOCCNC(=O)OCCC(C)(C)SSCOCCCCC(=O)CCC#Cc3cn([C@H]4C[C@H](OCS(C)=S)[C@@H](COP(=O)(O)OP(=O)(O)OP(=O)(O)O)O4)c4nc(N)[nH]c(=O)c34)c3ccc(C)cc3C2(C)C)C(C)(C)c2ccccc21. The largest absolute Gasteiger partial charge is 0.490 e. The van der Waals surface area contributed by atoms with Crippen LogP contribution in [0.25, 0.3) is 11.0 Å². The van der Waals surface area contributed by atoms with Crippen LogP contribution in [-0.4, -0.2) is 170 Å². The average molecular weight is 1580 g/mol. The number of hydrogen-bond acceptors (Lipinski definition) is 22. The van der Waals surface area contributed by atoms with E-state index in [0.29, 0.717) is 71.0 Å². The highest BCUT2D eigenvalue weighted by atomic mass is 33.1. The molecule has 6 atom stereocenters. The number of phosphoric ester groups is 1. The Hall–Kier alpha value is -5.20. The van der Waals surface area contributed by atoms with E-state index in [1.165, 1.54) is 50.2 Å². The Morgan fingerprint density at radius 3 is 2.36 bits per heavy atom. The number of rotatable bonds is 44. The van der Waals surface area contributed by atoms with Crippen molar-refractivity contribution < 1.29 is 93.8 Å². The molecule has 9 N–H and O–H groups in total. The topological polar surface area (TPSA) is 373 Å². The van der Waals surface area contributed by atoms with Crippen molar-refractivity contribution in [3.63, 3.8) is 0 Å². The second-order valence-electron chi connectivity index (χ2n) is 26.6.